The first-order valence-corrected chi connectivity index (χ1v) is 12.7. The maximum Gasteiger partial charge on any atom is 0.204 e. The van der Waals surface area contributed by atoms with E-state index in [1.54, 1.807) is 0 Å². The zero-order valence-corrected chi connectivity index (χ0v) is 21.6. The number of hydrogen-bond acceptors (Lipinski definition) is 5. The Hall–Kier alpha value is -3.00. The van der Waals surface area contributed by atoms with Crippen LogP contribution >= 0.6 is 23.8 Å². The van der Waals surface area contributed by atoms with E-state index in [2.05, 4.69) is 63.5 Å². The summed E-state index contributed by atoms with van der Waals surface area (Å²) in [5, 5.41) is 5.72. The Morgan fingerprint density at radius 3 is 2.31 bits per heavy atom. The van der Waals surface area contributed by atoms with Gasteiger partial charge in [0.25, 0.3) is 0 Å². The quantitative estimate of drug-likeness (QED) is 0.300. The van der Waals surface area contributed by atoms with Gasteiger partial charge in [-0.25, -0.2) is 9.67 Å². The van der Waals surface area contributed by atoms with E-state index in [4.69, 9.17) is 28.9 Å². The first-order chi connectivity index (χ1) is 17.0. The van der Waals surface area contributed by atoms with Crippen molar-refractivity contribution in [2.75, 3.05) is 31.1 Å². The summed E-state index contributed by atoms with van der Waals surface area (Å²) in [6.07, 6.45) is 1.85. The molecule has 0 unspecified atom stereocenters. The van der Waals surface area contributed by atoms with Gasteiger partial charge in [0.15, 0.2) is 5.82 Å². The fourth-order valence-electron chi connectivity index (χ4n) is 4.53. The third kappa shape index (κ3) is 5.03. The normalized spacial score (nSPS) is 14.6. The van der Waals surface area contributed by atoms with Gasteiger partial charge < -0.3 is 4.90 Å². The Morgan fingerprint density at radius 1 is 0.914 bits per heavy atom. The van der Waals surface area contributed by atoms with Crippen molar-refractivity contribution in [1.82, 2.24) is 24.2 Å². The molecule has 0 spiro atoms. The number of piperazine rings is 1. The highest BCUT2D eigenvalue weighted by molar-refractivity contribution is 7.71. The second-order valence-corrected chi connectivity index (χ2v) is 9.90. The number of aromatic nitrogens is 4. The van der Waals surface area contributed by atoms with Crippen LogP contribution in [0.4, 0.5) is 5.82 Å². The lowest BCUT2D eigenvalue weighted by Crippen LogP contribution is -2.47. The van der Waals surface area contributed by atoms with Gasteiger partial charge in [0.1, 0.15) is 5.82 Å². The molecular weight excluding hydrogens is 476 g/mol. The molecule has 1 saturated heterocycles. The number of pyridine rings is 1. The molecular formula is C27H29ClN6S. The summed E-state index contributed by atoms with van der Waals surface area (Å²) in [4.78, 5) is 9.22. The molecule has 0 saturated carbocycles. The molecule has 4 aromatic rings. The monoisotopic (exact) mass is 504 g/mol. The highest BCUT2D eigenvalue weighted by atomic mass is 35.5. The number of anilines is 1. The van der Waals surface area contributed by atoms with Gasteiger partial charge in [0.05, 0.1) is 12.4 Å². The maximum absolute atomic E-state index is 6.18. The Kier molecular flexibility index (Phi) is 7.00. The van der Waals surface area contributed by atoms with Crippen LogP contribution < -0.4 is 4.90 Å². The van der Waals surface area contributed by atoms with Gasteiger partial charge in [0, 0.05) is 43.0 Å². The zero-order chi connectivity index (χ0) is 24.4. The lowest BCUT2D eigenvalue weighted by atomic mass is 10.0. The van der Waals surface area contributed by atoms with Crippen molar-refractivity contribution < 1.29 is 0 Å². The summed E-state index contributed by atoms with van der Waals surface area (Å²) >= 11 is 12.2. The number of nitrogens with zero attached hydrogens (tertiary/aromatic N) is 6. The number of rotatable bonds is 6. The van der Waals surface area contributed by atoms with Gasteiger partial charge in [-0.15, -0.1) is 5.10 Å². The predicted molar refractivity (Wildman–Crippen MR) is 145 cm³/mol. The molecule has 6 nitrogen and oxygen atoms in total. The zero-order valence-electron chi connectivity index (χ0n) is 20.0. The van der Waals surface area contributed by atoms with Crippen LogP contribution in [-0.4, -0.2) is 50.4 Å². The van der Waals surface area contributed by atoms with Crippen LogP contribution in [0.25, 0.3) is 17.1 Å². The minimum absolute atomic E-state index is 0.356. The molecule has 2 aromatic carbocycles. The minimum Gasteiger partial charge on any atom is -0.354 e. The van der Waals surface area contributed by atoms with Crippen molar-refractivity contribution in [3.05, 3.63) is 88.3 Å². The largest absolute Gasteiger partial charge is 0.354 e. The maximum atomic E-state index is 6.18. The third-order valence-electron chi connectivity index (χ3n) is 6.42. The van der Waals surface area contributed by atoms with E-state index in [1.165, 1.54) is 5.56 Å². The van der Waals surface area contributed by atoms with Gasteiger partial charge >= 0.3 is 0 Å². The van der Waals surface area contributed by atoms with Gasteiger partial charge in [0.2, 0.25) is 4.77 Å². The number of halogens is 1. The number of benzene rings is 2. The molecule has 1 aliphatic rings. The van der Waals surface area contributed by atoms with E-state index < -0.39 is 0 Å². The van der Waals surface area contributed by atoms with E-state index in [1.807, 2.05) is 47.3 Å². The first-order valence-electron chi connectivity index (χ1n) is 11.9. The topological polar surface area (TPSA) is 42.1 Å². The molecule has 0 bridgehead atoms. The molecule has 5 rings (SSSR count). The van der Waals surface area contributed by atoms with Crippen molar-refractivity contribution in [2.45, 2.75) is 26.4 Å². The molecule has 8 heteroatoms. The van der Waals surface area contributed by atoms with Crippen LogP contribution in [-0.2, 0) is 6.67 Å². The molecule has 0 amide bonds. The van der Waals surface area contributed by atoms with Crippen LogP contribution in [0.2, 0.25) is 5.02 Å². The average Bonchev–Trinajstić information content (AvgIpc) is 3.21. The summed E-state index contributed by atoms with van der Waals surface area (Å²) in [6, 6.07) is 22.3. The van der Waals surface area contributed by atoms with Crippen molar-refractivity contribution in [2.24, 2.45) is 0 Å². The van der Waals surface area contributed by atoms with Crippen LogP contribution in [0.3, 0.4) is 0 Å². The molecule has 1 fully saturated rings. The molecule has 35 heavy (non-hydrogen) atoms. The molecule has 0 radical (unpaired) electrons. The SMILES string of the molecule is CC(C)c1ccccc1-n1c(-c2ccc(Cl)cc2)nn(CN2CCN(c3ccccn3)CC2)c1=S. The smallest absolute Gasteiger partial charge is 0.204 e. The Labute approximate surface area is 216 Å². The second kappa shape index (κ2) is 10.3. The van der Waals surface area contributed by atoms with E-state index >= 15 is 0 Å². The molecule has 0 N–H and O–H groups in total. The highest BCUT2D eigenvalue weighted by Crippen LogP contribution is 2.29. The Morgan fingerprint density at radius 2 is 1.63 bits per heavy atom. The minimum atomic E-state index is 0.356. The van der Waals surface area contributed by atoms with Crippen molar-refractivity contribution >= 4 is 29.6 Å². The Bertz CT molecular complexity index is 1340. The van der Waals surface area contributed by atoms with Crippen LogP contribution in [0.1, 0.15) is 25.3 Å². The average molecular weight is 505 g/mol. The standard InChI is InChI=1S/C27H29ClN6S/c1-20(2)23-7-3-4-8-24(23)34-26(21-10-12-22(28)13-11-21)30-33(27(34)35)19-31-15-17-32(18-16-31)25-9-5-6-14-29-25/h3-14,20H,15-19H2,1-2H3. The summed E-state index contributed by atoms with van der Waals surface area (Å²) in [5.74, 6) is 2.21. The summed E-state index contributed by atoms with van der Waals surface area (Å²) in [5.41, 5.74) is 3.30. The van der Waals surface area contributed by atoms with Crippen molar-refractivity contribution in [1.29, 1.82) is 0 Å². The molecule has 3 heterocycles. The molecule has 1 aliphatic heterocycles. The van der Waals surface area contributed by atoms with Crippen LogP contribution in [0, 0.1) is 4.77 Å². The summed E-state index contributed by atoms with van der Waals surface area (Å²) in [6.45, 7) is 8.74. The van der Waals surface area contributed by atoms with Gasteiger partial charge in [-0.05, 0) is 66.2 Å². The second-order valence-electron chi connectivity index (χ2n) is 9.10. The van der Waals surface area contributed by atoms with Crippen LogP contribution in [0.5, 0.6) is 0 Å². The predicted octanol–water partition coefficient (Wildman–Crippen LogP) is 6.02. The van der Waals surface area contributed by atoms with Crippen molar-refractivity contribution in [3.8, 4) is 17.1 Å². The lowest BCUT2D eigenvalue weighted by Gasteiger charge is -2.35. The van der Waals surface area contributed by atoms with Crippen LogP contribution in [0.15, 0.2) is 72.9 Å². The van der Waals surface area contributed by atoms with E-state index in [-0.39, 0.29) is 0 Å². The summed E-state index contributed by atoms with van der Waals surface area (Å²) < 4.78 is 4.75. The molecule has 0 atom stereocenters. The van der Waals surface area contributed by atoms with E-state index in [9.17, 15) is 0 Å². The Balaban J connectivity index is 1.47. The first kappa shape index (κ1) is 23.7. The number of para-hydroxylation sites is 1. The van der Waals surface area contributed by atoms with E-state index in [0.29, 0.717) is 22.4 Å². The van der Waals surface area contributed by atoms with Gasteiger partial charge in [-0.3, -0.25) is 9.47 Å². The lowest BCUT2D eigenvalue weighted by molar-refractivity contribution is 0.194. The van der Waals surface area contributed by atoms with Gasteiger partial charge in [-0.2, -0.15) is 0 Å². The third-order valence-corrected chi connectivity index (χ3v) is 7.07. The van der Waals surface area contributed by atoms with E-state index in [0.717, 1.165) is 49.1 Å². The molecule has 2 aromatic heterocycles. The number of hydrogen-bond donors (Lipinski definition) is 0. The van der Waals surface area contributed by atoms with Gasteiger partial charge in [-0.1, -0.05) is 49.7 Å². The fourth-order valence-corrected chi connectivity index (χ4v) is 4.94. The van der Waals surface area contributed by atoms with Crippen molar-refractivity contribution in [3.63, 3.8) is 0 Å². The molecule has 180 valence electrons. The highest BCUT2D eigenvalue weighted by Gasteiger charge is 2.22. The summed E-state index contributed by atoms with van der Waals surface area (Å²) in [7, 11) is 0. The molecule has 0 aliphatic carbocycles. The fraction of sp³-hybridized carbons (Fsp3) is 0.296.